The van der Waals surface area contributed by atoms with Crippen molar-refractivity contribution < 1.29 is 14.6 Å². The third kappa shape index (κ3) is 3.20. The van der Waals surface area contributed by atoms with Crippen molar-refractivity contribution in [1.82, 2.24) is 14.4 Å². The molecule has 2 aromatic heterocycles. The summed E-state index contributed by atoms with van der Waals surface area (Å²) in [4.78, 5) is 9.21. The van der Waals surface area contributed by atoms with E-state index in [9.17, 15) is 5.11 Å². The van der Waals surface area contributed by atoms with Crippen molar-refractivity contribution in [2.75, 3.05) is 18.5 Å². The van der Waals surface area contributed by atoms with E-state index in [1.54, 1.807) is 18.3 Å². The Morgan fingerprint density at radius 3 is 2.69 bits per heavy atom. The quantitative estimate of drug-likeness (QED) is 0.554. The highest BCUT2D eigenvalue weighted by molar-refractivity contribution is 5.73. The second-order valence-electron chi connectivity index (χ2n) is 6.89. The Hall–Kier alpha value is -3.74. The predicted molar refractivity (Wildman–Crippen MR) is 110 cm³/mol. The molecule has 4 aromatic rings. The smallest absolute Gasteiger partial charge is 0.180 e. The summed E-state index contributed by atoms with van der Waals surface area (Å²) in [5.41, 5.74) is 4.68. The van der Waals surface area contributed by atoms with Crippen LogP contribution in [0.1, 0.15) is 11.3 Å². The number of nitrogens with zero attached hydrogens (tertiary/aromatic N) is 3. The lowest BCUT2D eigenvalue weighted by Crippen LogP contribution is -2.15. The van der Waals surface area contributed by atoms with Gasteiger partial charge < -0.3 is 19.9 Å². The van der Waals surface area contributed by atoms with Crippen molar-refractivity contribution >= 4 is 11.5 Å². The summed E-state index contributed by atoms with van der Waals surface area (Å²) < 4.78 is 13.3. The summed E-state index contributed by atoms with van der Waals surface area (Å²) in [6.07, 6.45) is 3.65. The first kappa shape index (κ1) is 17.4. The minimum atomic E-state index is 0.240. The van der Waals surface area contributed by atoms with Crippen LogP contribution in [-0.2, 0) is 6.54 Å². The van der Waals surface area contributed by atoms with Crippen molar-refractivity contribution in [1.29, 1.82) is 0 Å². The van der Waals surface area contributed by atoms with Crippen LogP contribution in [0.5, 0.6) is 17.2 Å². The highest BCUT2D eigenvalue weighted by Crippen LogP contribution is 2.31. The molecule has 0 atom stereocenters. The van der Waals surface area contributed by atoms with Gasteiger partial charge in [0.2, 0.25) is 0 Å². The van der Waals surface area contributed by atoms with Crippen LogP contribution in [0, 0.1) is 6.92 Å². The predicted octanol–water partition coefficient (Wildman–Crippen LogP) is 3.79. The molecule has 7 heteroatoms. The Kier molecular flexibility index (Phi) is 4.20. The lowest BCUT2D eigenvalue weighted by molar-refractivity contribution is 0.171. The van der Waals surface area contributed by atoms with E-state index in [2.05, 4.69) is 10.3 Å². The Bertz CT molecular complexity index is 1180. The van der Waals surface area contributed by atoms with Crippen molar-refractivity contribution in [3.05, 3.63) is 66.1 Å². The van der Waals surface area contributed by atoms with Crippen molar-refractivity contribution in [3.8, 4) is 28.5 Å². The van der Waals surface area contributed by atoms with Crippen molar-refractivity contribution in [2.45, 2.75) is 13.5 Å². The maximum Gasteiger partial charge on any atom is 0.180 e. The van der Waals surface area contributed by atoms with Gasteiger partial charge in [0.15, 0.2) is 23.0 Å². The molecule has 7 nitrogen and oxygen atoms in total. The number of aryl methyl sites for hydroxylation is 1. The Labute approximate surface area is 167 Å². The molecule has 29 heavy (non-hydrogen) atoms. The maximum atomic E-state index is 9.57. The van der Waals surface area contributed by atoms with Gasteiger partial charge in [-0.15, -0.1) is 0 Å². The fourth-order valence-electron chi connectivity index (χ4n) is 3.57. The second kappa shape index (κ2) is 7.01. The van der Waals surface area contributed by atoms with Crippen LogP contribution >= 0.6 is 0 Å². The number of aromatic hydroxyl groups is 1. The minimum Gasteiger partial charge on any atom is -0.508 e. The van der Waals surface area contributed by atoms with E-state index in [1.807, 2.05) is 47.9 Å². The highest BCUT2D eigenvalue weighted by atomic mass is 16.6. The van der Waals surface area contributed by atoms with Gasteiger partial charge in [-0.05, 0) is 48.9 Å². The third-order valence-corrected chi connectivity index (χ3v) is 4.92. The van der Waals surface area contributed by atoms with Gasteiger partial charge in [-0.1, -0.05) is 6.07 Å². The monoisotopic (exact) mass is 388 g/mol. The van der Waals surface area contributed by atoms with E-state index >= 15 is 0 Å². The number of hydrogen-bond donors (Lipinski definition) is 2. The average molecular weight is 388 g/mol. The molecule has 0 saturated carbocycles. The Balaban J connectivity index is 1.45. The van der Waals surface area contributed by atoms with Gasteiger partial charge in [-0.25, -0.2) is 9.97 Å². The lowest BCUT2D eigenvalue weighted by Gasteiger charge is -2.19. The number of fused-ring (bicyclic) bond motifs is 2. The SMILES string of the molecule is Cc1nc2c(NCc3ccc4c(c3)OCCO4)nccn2c1-c1ccc(O)cc1. The van der Waals surface area contributed by atoms with Crippen LogP contribution in [-0.4, -0.2) is 32.7 Å². The van der Waals surface area contributed by atoms with Gasteiger partial charge in [0.1, 0.15) is 19.0 Å². The molecule has 1 aliphatic heterocycles. The molecule has 0 amide bonds. The molecule has 3 heterocycles. The average Bonchev–Trinajstić information content (AvgIpc) is 3.09. The summed E-state index contributed by atoms with van der Waals surface area (Å²) >= 11 is 0. The summed E-state index contributed by atoms with van der Waals surface area (Å²) in [5, 5.41) is 13.0. The normalized spacial score (nSPS) is 12.9. The molecule has 5 rings (SSSR count). The van der Waals surface area contributed by atoms with Crippen LogP contribution in [0.25, 0.3) is 16.9 Å². The van der Waals surface area contributed by atoms with Gasteiger partial charge in [-0.2, -0.15) is 0 Å². The minimum absolute atomic E-state index is 0.240. The van der Waals surface area contributed by atoms with Gasteiger partial charge in [0.25, 0.3) is 0 Å². The number of benzene rings is 2. The Morgan fingerprint density at radius 2 is 1.86 bits per heavy atom. The molecule has 2 N–H and O–H groups in total. The van der Waals surface area contributed by atoms with E-state index in [0.717, 1.165) is 39.7 Å². The first-order chi connectivity index (χ1) is 14.2. The topological polar surface area (TPSA) is 80.9 Å². The van der Waals surface area contributed by atoms with Crippen molar-refractivity contribution in [3.63, 3.8) is 0 Å². The zero-order valence-corrected chi connectivity index (χ0v) is 15.9. The number of hydrogen-bond acceptors (Lipinski definition) is 6. The Morgan fingerprint density at radius 1 is 1.07 bits per heavy atom. The van der Waals surface area contributed by atoms with Crippen LogP contribution in [0.4, 0.5) is 5.82 Å². The molecule has 0 unspecified atom stereocenters. The molecular formula is C22H20N4O3. The molecule has 0 radical (unpaired) electrons. The zero-order chi connectivity index (χ0) is 19.8. The fraction of sp³-hybridized carbons (Fsp3) is 0.182. The molecule has 0 bridgehead atoms. The maximum absolute atomic E-state index is 9.57. The number of anilines is 1. The standard InChI is InChI=1S/C22H20N4O3/c1-14-20(16-3-5-17(27)6-4-16)26-9-8-23-21(22(26)25-14)24-13-15-2-7-18-19(12-15)29-11-10-28-18/h2-9,12,27H,10-11,13H2,1H3,(H,23,24). The van der Waals surface area contributed by atoms with Gasteiger partial charge in [0, 0.05) is 24.5 Å². The molecule has 1 aliphatic rings. The summed E-state index contributed by atoms with van der Waals surface area (Å²) in [6.45, 7) is 3.71. The van der Waals surface area contributed by atoms with E-state index in [4.69, 9.17) is 14.5 Å². The van der Waals surface area contributed by atoms with E-state index < -0.39 is 0 Å². The van der Waals surface area contributed by atoms with Crippen molar-refractivity contribution in [2.24, 2.45) is 0 Å². The molecule has 0 aliphatic carbocycles. The molecule has 0 spiro atoms. The number of phenolic OH excluding ortho intramolecular Hbond substituents is 1. The molecular weight excluding hydrogens is 368 g/mol. The molecule has 2 aromatic carbocycles. The van der Waals surface area contributed by atoms with Gasteiger partial charge in [-0.3, -0.25) is 4.40 Å². The number of ether oxygens (including phenoxy) is 2. The largest absolute Gasteiger partial charge is 0.508 e. The molecule has 0 saturated heterocycles. The van der Waals surface area contributed by atoms with Crippen LogP contribution in [0.15, 0.2) is 54.9 Å². The summed E-state index contributed by atoms with van der Waals surface area (Å²) in [7, 11) is 0. The fourth-order valence-corrected chi connectivity index (χ4v) is 3.57. The number of imidazole rings is 1. The van der Waals surface area contributed by atoms with Crippen LogP contribution < -0.4 is 14.8 Å². The third-order valence-electron chi connectivity index (χ3n) is 4.92. The van der Waals surface area contributed by atoms with Crippen LogP contribution in [0.2, 0.25) is 0 Å². The highest BCUT2D eigenvalue weighted by Gasteiger charge is 2.15. The molecule has 146 valence electrons. The van der Waals surface area contributed by atoms with E-state index in [-0.39, 0.29) is 5.75 Å². The molecule has 0 fully saturated rings. The number of rotatable bonds is 4. The van der Waals surface area contributed by atoms with E-state index in [0.29, 0.717) is 25.6 Å². The number of phenols is 1. The van der Waals surface area contributed by atoms with Crippen LogP contribution in [0.3, 0.4) is 0 Å². The zero-order valence-electron chi connectivity index (χ0n) is 15.9. The first-order valence-corrected chi connectivity index (χ1v) is 9.44. The van der Waals surface area contributed by atoms with Gasteiger partial charge in [0.05, 0.1) is 11.4 Å². The second-order valence-corrected chi connectivity index (χ2v) is 6.89. The number of aromatic nitrogens is 3. The lowest BCUT2D eigenvalue weighted by atomic mass is 10.1. The summed E-state index contributed by atoms with van der Waals surface area (Å²) in [5.74, 6) is 2.50. The summed E-state index contributed by atoms with van der Waals surface area (Å²) in [6, 6.07) is 13.1. The van der Waals surface area contributed by atoms with Gasteiger partial charge >= 0.3 is 0 Å². The van der Waals surface area contributed by atoms with E-state index in [1.165, 1.54) is 0 Å². The first-order valence-electron chi connectivity index (χ1n) is 9.44. The number of nitrogens with one attached hydrogen (secondary N) is 1.